The Morgan fingerprint density at radius 2 is 1.49 bits per heavy atom. The molecule has 6 N–H and O–H groups in total. The van der Waals surface area contributed by atoms with Gasteiger partial charge in [0.05, 0.1) is 11.7 Å². The molecule has 45 heavy (non-hydrogen) atoms. The summed E-state index contributed by atoms with van der Waals surface area (Å²) in [6, 6.07) is 15.1. The van der Waals surface area contributed by atoms with Crippen LogP contribution in [0.15, 0.2) is 60.7 Å². The number of carbonyl (C=O) groups excluding carboxylic acids is 5. The van der Waals surface area contributed by atoms with E-state index in [1.54, 1.807) is 30.3 Å². The number of benzene rings is 3. The number of anilines is 1. The minimum atomic E-state index is -0.989. The summed E-state index contributed by atoms with van der Waals surface area (Å²) < 4.78 is 0. The Kier molecular flexibility index (Phi) is 12.6. The fourth-order valence-electron chi connectivity index (χ4n) is 5.14. The summed E-state index contributed by atoms with van der Waals surface area (Å²) in [5, 5.41) is 6.38. The van der Waals surface area contributed by atoms with Crippen LogP contribution in [0.4, 0.5) is 5.69 Å². The zero-order valence-electron chi connectivity index (χ0n) is 25.7. The third kappa shape index (κ3) is 8.46. The van der Waals surface area contributed by atoms with E-state index in [-0.39, 0.29) is 35.2 Å². The van der Waals surface area contributed by atoms with E-state index < -0.39 is 35.8 Å². The number of imide groups is 1. The Bertz CT molecular complexity index is 1530. The minimum Gasteiger partial charge on any atom is -0.343 e. The normalized spacial score (nSPS) is 14.2. The smallest absolute Gasteiger partial charge is 0.261 e. The molecule has 12 heteroatoms. The minimum absolute atomic E-state index is 0. The van der Waals surface area contributed by atoms with Gasteiger partial charge in [-0.1, -0.05) is 68.7 Å². The molecule has 0 aromatic heterocycles. The maximum Gasteiger partial charge on any atom is 0.261 e. The predicted molar refractivity (Wildman–Crippen MR) is 179 cm³/mol. The van der Waals surface area contributed by atoms with Gasteiger partial charge in [0, 0.05) is 34.9 Å². The number of hydrogen-bond acceptors (Lipinski definition) is 7. The van der Waals surface area contributed by atoms with Crippen molar-refractivity contribution in [2.45, 2.75) is 71.0 Å². The highest BCUT2D eigenvalue weighted by Gasteiger charge is 2.33. The third-order valence-corrected chi connectivity index (χ3v) is 7.63. The van der Waals surface area contributed by atoms with Crippen molar-refractivity contribution in [3.05, 3.63) is 77.4 Å². The first kappa shape index (κ1) is 35.2. The first-order valence-electron chi connectivity index (χ1n) is 15.0. The molecule has 1 aliphatic heterocycles. The summed E-state index contributed by atoms with van der Waals surface area (Å²) in [5.74, 6) is -2.23. The largest absolute Gasteiger partial charge is 0.343 e. The topological polar surface area (TPSA) is 163 Å². The number of amides is 5. The second-order valence-corrected chi connectivity index (χ2v) is 11.1. The van der Waals surface area contributed by atoms with Gasteiger partial charge in [0.2, 0.25) is 11.8 Å². The molecule has 0 spiro atoms. The van der Waals surface area contributed by atoms with Crippen molar-refractivity contribution in [1.29, 1.82) is 0 Å². The number of halogens is 1. The maximum absolute atomic E-state index is 13.4. The summed E-state index contributed by atoms with van der Waals surface area (Å²) in [7, 11) is 0. The number of unbranched alkanes of at least 4 members (excludes halogenated alkanes) is 3. The van der Waals surface area contributed by atoms with Crippen LogP contribution >= 0.6 is 17.0 Å². The van der Waals surface area contributed by atoms with Crippen LogP contribution in [-0.2, 0) is 20.8 Å². The quantitative estimate of drug-likeness (QED) is 0.0987. The molecule has 0 saturated heterocycles. The highest BCUT2D eigenvalue weighted by atomic mass is 79.9. The van der Waals surface area contributed by atoms with Crippen LogP contribution in [0.3, 0.4) is 0 Å². The summed E-state index contributed by atoms with van der Waals surface area (Å²) in [5.41, 5.74) is 13.4. The molecule has 1 heterocycles. The van der Waals surface area contributed by atoms with Crippen LogP contribution in [0.5, 0.6) is 0 Å². The van der Waals surface area contributed by atoms with E-state index in [2.05, 4.69) is 28.4 Å². The van der Waals surface area contributed by atoms with Gasteiger partial charge in [-0.2, -0.15) is 0 Å². The van der Waals surface area contributed by atoms with Gasteiger partial charge in [-0.15, -0.1) is 17.0 Å². The summed E-state index contributed by atoms with van der Waals surface area (Å²) >= 11 is 0. The molecule has 0 fully saturated rings. The number of hydrogen-bond donors (Lipinski definition) is 5. The maximum atomic E-state index is 13.4. The number of rotatable bonds is 14. The molecule has 1 aliphatic rings. The van der Waals surface area contributed by atoms with Crippen molar-refractivity contribution in [2.75, 3.05) is 12.0 Å². The van der Waals surface area contributed by atoms with Crippen LogP contribution in [-0.4, -0.2) is 59.1 Å². The average Bonchev–Trinajstić information content (AvgIpc) is 3.02. The lowest BCUT2D eigenvalue weighted by molar-refractivity contribution is -0.131. The van der Waals surface area contributed by atoms with Crippen molar-refractivity contribution in [3.63, 3.8) is 0 Å². The van der Waals surface area contributed by atoms with Gasteiger partial charge in [-0.05, 0) is 44.0 Å². The average molecular weight is 682 g/mol. The van der Waals surface area contributed by atoms with Crippen molar-refractivity contribution in [1.82, 2.24) is 21.0 Å². The van der Waals surface area contributed by atoms with E-state index in [1.165, 1.54) is 18.7 Å². The fourth-order valence-corrected chi connectivity index (χ4v) is 5.14. The van der Waals surface area contributed by atoms with Gasteiger partial charge in [0.1, 0.15) is 12.1 Å². The SMILES string of the molecule is Br.CCCCCCN1C(=O)c2cccc3c(NNC(=O)[C@H](Cc4ccccc4)NC(=O)[C@H](C)NC(=O)[C@H](C)N)ccc(c23)C1=O. The van der Waals surface area contributed by atoms with Crippen LogP contribution in [0.1, 0.15) is 72.7 Å². The molecule has 3 aromatic rings. The van der Waals surface area contributed by atoms with E-state index >= 15 is 0 Å². The van der Waals surface area contributed by atoms with Gasteiger partial charge in [0.15, 0.2) is 0 Å². The molecule has 3 aromatic carbocycles. The van der Waals surface area contributed by atoms with Crippen molar-refractivity contribution >= 4 is 63.0 Å². The highest BCUT2D eigenvalue weighted by Crippen LogP contribution is 2.34. The molecule has 3 atom stereocenters. The standard InChI is InChI=1S/C33H40N6O5.BrH/c1-4-5-6-10-18-39-32(43)24-15-11-14-23-26(17-16-25(28(23)24)33(39)44)37-38-31(42)27(19-22-12-8-7-9-13-22)36-30(41)21(3)35-29(40)20(2)34;/h7-9,11-17,20-21,27,37H,4-6,10,18-19,34H2,1-3H3,(H,35,40)(H,36,41)(H,38,42);1H/t20-,21-,27-;/m0./s1. The first-order valence-corrected chi connectivity index (χ1v) is 15.0. The zero-order valence-corrected chi connectivity index (χ0v) is 27.4. The zero-order chi connectivity index (χ0) is 31.8. The number of carbonyl (C=O) groups is 5. The van der Waals surface area contributed by atoms with E-state index in [0.717, 1.165) is 31.2 Å². The number of nitrogens with zero attached hydrogens (tertiary/aromatic N) is 1. The monoisotopic (exact) mass is 680 g/mol. The van der Waals surface area contributed by atoms with Gasteiger partial charge in [-0.3, -0.25) is 39.7 Å². The summed E-state index contributed by atoms with van der Waals surface area (Å²) in [6.07, 6.45) is 3.98. The second kappa shape index (κ2) is 16.1. The lowest BCUT2D eigenvalue weighted by Gasteiger charge is -2.28. The molecule has 0 aliphatic carbocycles. The van der Waals surface area contributed by atoms with Crippen molar-refractivity contribution < 1.29 is 24.0 Å². The Labute approximate surface area is 273 Å². The van der Waals surface area contributed by atoms with E-state index in [1.807, 2.05) is 30.3 Å². The molecule has 0 unspecified atom stereocenters. The summed E-state index contributed by atoms with van der Waals surface area (Å²) in [4.78, 5) is 66.3. The van der Waals surface area contributed by atoms with E-state index in [9.17, 15) is 24.0 Å². The van der Waals surface area contributed by atoms with E-state index in [0.29, 0.717) is 34.1 Å². The van der Waals surface area contributed by atoms with Crippen LogP contribution in [0.2, 0.25) is 0 Å². The predicted octanol–water partition coefficient (Wildman–Crippen LogP) is 3.62. The molecule has 11 nitrogen and oxygen atoms in total. The van der Waals surface area contributed by atoms with Gasteiger partial charge >= 0.3 is 0 Å². The Balaban J connectivity index is 0.00000552. The first-order chi connectivity index (χ1) is 21.1. The molecular weight excluding hydrogens is 640 g/mol. The van der Waals surface area contributed by atoms with Crippen LogP contribution in [0, 0.1) is 0 Å². The molecule has 0 radical (unpaired) electrons. The number of nitrogens with two attached hydrogens (primary N) is 1. The Morgan fingerprint density at radius 3 is 2.16 bits per heavy atom. The van der Waals surface area contributed by atoms with Gasteiger partial charge in [0.25, 0.3) is 17.7 Å². The Hall–Kier alpha value is -4.29. The molecule has 0 saturated carbocycles. The lowest BCUT2D eigenvalue weighted by Crippen LogP contribution is -2.55. The number of hydrazine groups is 1. The molecule has 4 rings (SSSR count). The van der Waals surface area contributed by atoms with Crippen LogP contribution in [0.25, 0.3) is 10.8 Å². The van der Waals surface area contributed by atoms with Gasteiger partial charge < -0.3 is 16.4 Å². The third-order valence-electron chi connectivity index (χ3n) is 7.63. The fraction of sp³-hybridized carbons (Fsp3) is 0.364. The molecule has 240 valence electrons. The van der Waals surface area contributed by atoms with Gasteiger partial charge in [-0.25, -0.2) is 0 Å². The Morgan fingerprint density at radius 1 is 0.800 bits per heavy atom. The highest BCUT2D eigenvalue weighted by molar-refractivity contribution is 8.93. The van der Waals surface area contributed by atoms with Crippen molar-refractivity contribution in [2.24, 2.45) is 5.73 Å². The molecule has 0 bridgehead atoms. The molecule has 5 amide bonds. The number of nitrogens with one attached hydrogen (secondary N) is 4. The van der Waals surface area contributed by atoms with Crippen molar-refractivity contribution in [3.8, 4) is 0 Å². The summed E-state index contributed by atoms with van der Waals surface area (Å²) in [6.45, 7) is 5.49. The van der Waals surface area contributed by atoms with E-state index in [4.69, 9.17) is 5.73 Å². The lowest BCUT2D eigenvalue weighted by atomic mass is 9.93. The molecular formula is C33H41BrN6O5. The second-order valence-electron chi connectivity index (χ2n) is 11.1. The van der Waals surface area contributed by atoms with Crippen LogP contribution < -0.4 is 27.2 Å².